The number of nitrogens with two attached hydrogens (primary N) is 1. The molecule has 0 atom stereocenters. The van der Waals surface area contributed by atoms with Crippen LogP contribution in [-0.2, 0) is 6.54 Å². The number of nitrogen functional groups attached to an aromatic ring is 1. The quantitative estimate of drug-likeness (QED) is 0.719. The van der Waals surface area contributed by atoms with Gasteiger partial charge in [0.15, 0.2) is 0 Å². The summed E-state index contributed by atoms with van der Waals surface area (Å²) in [6, 6.07) is 6.60. The molecule has 124 valence electrons. The predicted octanol–water partition coefficient (Wildman–Crippen LogP) is 3.88. The average Bonchev–Trinajstić information content (AvgIpc) is 2.87. The summed E-state index contributed by atoms with van der Waals surface area (Å²) in [7, 11) is 0. The van der Waals surface area contributed by atoms with Crippen molar-refractivity contribution in [1.82, 2.24) is 14.3 Å². The molecular weight excluding hydrogens is 347 g/mol. The van der Waals surface area contributed by atoms with Crippen LogP contribution < -0.4 is 11.3 Å². The van der Waals surface area contributed by atoms with Gasteiger partial charge in [0.2, 0.25) is 0 Å². The lowest BCUT2D eigenvalue weighted by molar-refractivity contribution is 0.277. The third kappa shape index (κ3) is 2.48. The van der Waals surface area contributed by atoms with E-state index in [-0.39, 0.29) is 5.56 Å². The van der Waals surface area contributed by atoms with Crippen molar-refractivity contribution in [2.24, 2.45) is 5.92 Å². The molecule has 7 heteroatoms. The summed E-state index contributed by atoms with van der Waals surface area (Å²) in [6.45, 7) is 0.727. The molecule has 0 aliphatic heterocycles. The Balaban J connectivity index is 1.90. The predicted molar refractivity (Wildman–Crippen MR) is 97.1 cm³/mol. The smallest absolute Gasteiger partial charge is 0.251 e. The Morgan fingerprint density at radius 3 is 2.50 bits per heavy atom. The lowest BCUT2D eigenvalue weighted by Gasteiger charge is -2.26. The number of rotatable bonds is 3. The number of nitrogens with zero attached hydrogens (tertiary/aromatic N) is 3. The molecule has 0 radical (unpaired) electrons. The van der Waals surface area contributed by atoms with Crippen LogP contribution in [-0.4, -0.2) is 14.3 Å². The minimum atomic E-state index is -0.0107. The number of anilines is 1. The molecule has 1 aliphatic rings. The number of halogens is 2. The van der Waals surface area contributed by atoms with E-state index in [0.717, 1.165) is 17.6 Å². The lowest BCUT2D eigenvalue weighted by atomic mass is 9.85. The Kier molecular flexibility index (Phi) is 3.77. The normalized spacial score (nSPS) is 14.9. The first-order chi connectivity index (χ1) is 11.5. The summed E-state index contributed by atoms with van der Waals surface area (Å²) in [4.78, 5) is 12.3. The van der Waals surface area contributed by atoms with E-state index in [0.29, 0.717) is 27.3 Å². The minimum absolute atomic E-state index is 0.0107. The Labute approximate surface area is 148 Å². The topological polar surface area (TPSA) is 65.8 Å². The highest BCUT2D eigenvalue weighted by molar-refractivity contribution is 6.38. The van der Waals surface area contributed by atoms with Crippen molar-refractivity contribution in [3.05, 3.63) is 50.9 Å². The van der Waals surface area contributed by atoms with Crippen LogP contribution in [0.15, 0.2) is 35.3 Å². The fourth-order valence-corrected chi connectivity index (χ4v) is 3.82. The van der Waals surface area contributed by atoms with Crippen LogP contribution in [0.1, 0.15) is 19.3 Å². The first-order valence-electron chi connectivity index (χ1n) is 7.87. The summed E-state index contributed by atoms with van der Waals surface area (Å²) in [6.07, 6.45) is 5.28. The summed E-state index contributed by atoms with van der Waals surface area (Å²) in [5.74, 6) is 0.570. The number of aromatic nitrogens is 3. The molecule has 1 aromatic carbocycles. The van der Waals surface area contributed by atoms with Crippen molar-refractivity contribution < 1.29 is 0 Å². The molecule has 0 amide bonds. The molecule has 1 saturated carbocycles. The molecule has 5 nitrogen and oxygen atoms in total. The van der Waals surface area contributed by atoms with Gasteiger partial charge in [0.1, 0.15) is 5.69 Å². The number of hydrogen-bond acceptors (Lipinski definition) is 3. The van der Waals surface area contributed by atoms with Gasteiger partial charge in [0, 0.05) is 18.3 Å². The van der Waals surface area contributed by atoms with E-state index in [9.17, 15) is 4.79 Å². The maximum Gasteiger partial charge on any atom is 0.251 e. The minimum Gasteiger partial charge on any atom is -0.399 e. The number of pyridine rings is 1. The van der Waals surface area contributed by atoms with Gasteiger partial charge in [-0.3, -0.25) is 4.79 Å². The second-order valence-corrected chi connectivity index (χ2v) is 7.05. The van der Waals surface area contributed by atoms with Crippen molar-refractivity contribution in [1.29, 1.82) is 0 Å². The van der Waals surface area contributed by atoms with Gasteiger partial charge in [-0.15, -0.1) is 0 Å². The maximum absolute atomic E-state index is 12.3. The van der Waals surface area contributed by atoms with Gasteiger partial charge in [-0.2, -0.15) is 5.10 Å². The molecule has 0 unspecified atom stereocenters. The highest BCUT2D eigenvalue weighted by Crippen LogP contribution is 2.33. The van der Waals surface area contributed by atoms with Crippen LogP contribution in [0.3, 0.4) is 0 Å². The maximum atomic E-state index is 12.3. The molecule has 0 bridgehead atoms. The van der Waals surface area contributed by atoms with E-state index in [1.807, 2.05) is 0 Å². The molecule has 0 saturated heterocycles. The van der Waals surface area contributed by atoms with Crippen LogP contribution in [0.5, 0.6) is 0 Å². The number of benzene rings is 1. The highest BCUT2D eigenvalue weighted by atomic mass is 35.5. The van der Waals surface area contributed by atoms with E-state index in [2.05, 4.69) is 5.10 Å². The molecule has 24 heavy (non-hydrogen) atoms. The first kappa shape index (κ1) is 15.5. The monoisotopic (exact) mass is 362 g/mol. The average molecular weight is 363 g/mol. The van der Waals surface area contributed by atoms with Crippen molar-refractivity contribution in [3.63, 3.8) is 0 Å². The standard InChI is InChI=1S/C17H16Cl2N4O/c18-12-6-11(20)7-13(19)17(12)23-14-4-5-16(24)22(15(14)8-21-23)9-10-2-1-3-10/h4-8,10H,1-3,9,20H2. The zero-order chi connectivity index (χ0) is 16.8. The van der Waals surface area contributed by atoms with Crippen molar-refractivity contribution in [3.8, 4) is 5.69 Å². The molecule has 1 aliphatic carbocycles. The van der Waals surface area contributed by atoms with E-state index in [1.54, 1.807) is 39.7 Å². The van der Waals surface area contributed by atoms with E-state index < -0.39 is 0 Å². The van der Waals surface area contributed by atoms with Crippen LogP contribution in [0.4, 0.5) is 5.69 Å². The molecule has 4 rings (SSSR count). The van der Waals surface area contributed by atoms with E-state index >= 15 is 0 Å². The Hall–Kier alpha value is -1.98. The summed E-state index contributed by atoms with van der Waals surface area (Å²) < 4.78 is 3.46. The van der Waals surface area contributed by atoms with E-state index in [1.165, 1.54) is 19.3 Å². The Bertz CT molecular complexity index is 965. The molecule has 1 fully saturated rings. The number of fused-ring (bicyclic) bond motifs is 1. The van der Waals surface area contributed by atoms with Crippen LogP contribution in [0.25, 0.3) is 16.7 Å². The summed E-state index contributed by atoms with van der Waals surface area (Å²) in [5, 5.41) is 5.25. The van der Waals surface area contributed by atoms with Gasteiger partial charge < -0.3 is 10.3 Å². The van der Waals surface area contributed by atoms with Gasteiger partial charge in [-0.25, -0.2) is 4.68 Å². The molecular formula is C17H16Cl2N4O. The second-order valence-electron chi connectivity index (χ2n) is 6.24. The van der Waals surface area contributed by atoms with Gasteiger partial charge in [-0.05, 0) is 37.0 Å². The molecule has 2 heterocycles. The third-order valence-corrected chi connectivity index (χ3v) is 5.22. The van der Waals surface area contributed by atoms with Gasteiger partial charge in [-0.1, -0.05) is 29.6 Å². The Morgan fingerprint density at radius 1 is 1.17 bits per heavy atom. The highest BCUT2D eigenvalue weighted by Gasteiger charge is 2.21. The van der Waals surface area contributed by atoms with Gasteiger partial charge in [0.05, 0.1) is 27.3 Å². The fraction of sp³-hybridized carbons (Fsp3) is 0.294. The summed E-state index contributed by atoms with van der Waals surface area (Å²) >= 11 is 12.6. The summed E-state index contributed by atoms with van der Waals surface area (Å²) in [5.41, 5.74) is 8.40. The van der Waals surface area contributed by atoms with Gasteiger partial charge in [0.25, 0.3) is 5.56 Å². The fourth-order valence-electron chi connectivity index (χ4n) is 3.16. The third-order valence-electron chi connectivity index (χ3n) is 4.64. The van der Waals surface area contributed by atoms with Crippen LogP contribution in [0, 0.1) is 5.92 Å². The van der Waals surface area contributed by atoms with E-state index in [4.69, 9.17) is 28.9 Å². The van der Waals surface area contributed by atoms with Crippen molar-refractivity contribution in [2.45, 2.75) is 25.8 Å². The largest absolute Gasteiger partial charge is 0.399 e. The van der Waals surface area contributed by atoms with Crippen LogP contribution >= 0.6 is 23.2 Å². The van der Waals surface area contributed by atoms with Gasteiger partial charge >= 0.3 is 0 Å². The zero-order valence-electron chi connectivity index (χ0n) is 12.9. The zero-order valence-corrected chi connectivity index (χ0v) is 14.4. The first-order valence-corrected chi connectivity index (χ1v) is 8.62. The second kappa shape index (κ2) is 5.83. The lowest BCUT2D eigenvalue weighted by Crippen LogP contribution is -2.26. The molecule has 3 aromatic rings. The number of hydrogen-bond donors (Lipinski definition) is 1. The molecule has 0 spiro atoms. The molecule has 2 N–H and O–H groups in total. The van der Waals surface area contributed by atoms with Crippen molar-refractivity contribution >= 4 is 39.9 Å². The molecule has 2 aromatic heterocycles. The van der Waals surface area contributed by atoms with Crippen molar-refractivity contribution in [2.75, 3.05) is 5.73 Å². The Morgan fingerprint density at radius 2 is 1.88 bits per heavy atom. The SMILES string of the molecule is Nc1cc(Cl)c(-n2ncc3c2ccc(=O)n3CC2CCC2)c(Cl)c1. The van der Waals surface area contributed by atoms with Crippen LogP contribution in [0.2, 0.25) is 10.0 Å².